The number of carbonyl (C=O) groups excluding carboxylic acids is 1. The quantitative estimate of drug-likeness (QED) is 0.527. The number of nitrogens with zero attached hydrogens (tertiary/aromatic N) is 2. The minimum atomic E-state index is -0.683. The molecule has 0 aliphatic heterocycles. The zero-order chi connectivity index (χ0) is 20.7. The van der Waals surface area contributed by atoms with E-state index in [1.54, 1.807) is 19.1 Å². The molecule has 142 valence electrons. The van der Waals surface area contributed by atoms with Gasteiger partial charge in [-0.15, -0.1) is 6.58 Å². The maximum absolute atomic E-state index is 13.2. The molecule has 3 rings (SSSR count). The van der Waals surface area contributed by atoms with E-state index in [9.17, 15) is 20.0 Å². The molecule has 1 aromatic carbocycles. The maximum atomic E-state index is 13.2. The molecule has 0 aliphatic carbocycles. The number of hydrogen-bond donors (Lipinski definition) is 1. The van der Waals surface area contributed by atoms with Crippen LogP contribution in [0.4, 0.5) is 0 Å². The number of hydrogen-bond acceptors (Lipinski definition) is 5. The number of halogens is 1. The number of carbonyl (C=O) groups is 1. The van der Waals surface area contributed by atoms with Gasteiger partial charge >= 0.3 is 0 Å². The van der Waals surface area contributed by atoms with E-state index in [4.69, 9.17) is 16.0 Å². The van der Waals surface area contributed by atoms with Crippen molar-refractivity contribution >= 4 is 28.4 Å². The molecule has 0 saturated carbocycles. The Hall–Kier alpha value is -3.30. The van der Waals surface area contributed by atoms with Crippen LogP contribution in [0.15, 0.2) is 34.0 Å². The summed E-state index contributed by atoms with van der Waals surface area (Å²) >= 11 is 6.18. The second-order valence-electron chi connectivity index (χ2n) is 6.50. The summed E-state index contributed by atoms with van der Waals surface area (Å²) in [6.07, 6.45) is 1.39. The van der Waals surface area contributed by atoms with E-state index in [2.05, 4.69) is 6.58 Å². The van der Waals surface area contributed by atoms with E-state index in [-0.39, 0.29) is 29.0 Å². The molecule has 0 bridgehead atoms. The Morgan fingerprint density at radius 2 is 2.04 bits per heavy atom. The summed E-state index contributed by atoms with van der Waals surface area (Å²) in [5.41, 5.74) is 0.897. The standard InChI is InChI=1S/C21H17ClN2O4/c1-5-6-24-20(26)14(9-23)11(3)17(21(24)27)18(25)19-12(4)13-8-15(22)10(2)7-16(13)28-19/h5,7-8,27H,1,6H2,2-4H3. The molecule has 0 fully saturated rings. The molecule has 6 nitrogen and oxygen atoms in total. The molecule has 0 radical (unpaired) electrons. The summed E-state index contributed by atoms with van der Waals surface area (Å²) in [4.78, 5) is 25.7. The van der Waals surface area contributed by atoms with Crippen molar-refractivity contribution in [3.05, 3.63) is 73.7 Å². The van der Waals surface area contributed by atoms with Gasteiger partial charge in [-0.05, 0) is 44.0 Å². The predicted molar refractivity (Wildman–Crippen MR) is 106 cm³/mol. The lowest BCUT2D eigenvalue weighted by Gasteiger charge is -2.13. The predicted octanol–water partition coefficient (Wildman–Crippen LogP) is 4.17. The van der Waals surface area contributed by atoms with Crippen LogP contribution >= 0.6 is 11.6 Å². The summed E-state index contributed by atoms with van der Waals surface area (Å²) in [5, 5.41) is 21.2. The molecule has 0 atom stereocenters. The van der Waals surface area contributed by atoms with Gasteiger partial charge in [0.25, 0.3) is 5.56 Å². The van der Waals surface area contributed by atoms with Crippen LogP contribution in [-0.2, 0) is 6.54 Å². The van der Waals surface area contributed by atoms with Gasteiger partial charge in [0.2, 0.25) is 11.7 Å². The molecule has 2 aromatic heterocycles. The van der Waals surface area contributed by atoms with E-state index in [1.807, 2.05) is 13.0 Å². The normalized spacial score (nSPS) is 10.8. The number of pyridine rings is 1. The van der Waals surface area contributed by atoms with Crippen molar-refractivity contribution in [2.75, 3.05) is 0 Å². The number of fused-ring (bicyclic) bond motifs is 1. The Morgan fingerprint density at radius 1 is 1.36 bits per heavy atom. The van der Waals surface area contributed by atoms with Gasteiger partial charge in [0, 0.05) is 22.5 Å². The van der Waals surface area contributed by atoms with Gasteiger partial charge in [-0.2, -0.15) is 5.26 Å². The molecule has 0 spiro atoms. The number of nitriles is 1. The first-order valence-electron chi connectivity index (χ1n) is 8.44. The zero-order valence-corrected chi connectivity index (χ0v) is 16.3. The van der Waals surface area contributed by atoms with Crippen molar-refractivity contribution in [1.82, 2.24) is 4.57 Å². The lowest BCUT2D eigenvalue weighted by atomic mass is 9.98. The van der Waals surface area contributed by atoms with Crippen molar-refractivity contribution in [3.63, 3.8) is 0 Å². The van der Waals surface area contributed by atoms with Crippen molar-refractivity contribution in [2.45, 2.75) is 27.3 Å². The molecule has 2 heterocycles. The number of aromatic hydroxyl groups is 1. The first-order valence-corrected chi connectivity index (χ1v) is 8.82. The second-order valence-corrected chi connectivity index (χ2v) is 6.90. The fourth-order valence-corrected chi connectivity index (χ4v) is 3.36. The molecule has 7 heteroatoms. The summed E-state index contributed by atoms with van der Waals surface area (Å²) < 4.78 is 6.69. The van der Waals surface area contributed by atoms with Crippen LogP contribution in [0.25, 0.3) is 11.0 Å². The van der Waals surface area contributed by atoms with Crippen LogP contribution in [0.5, 0.6) is 5.88 Å². The Morgan fingerprint density at radius 3 is 2.64 bits per heavy atom. The molecular formula is C21H17ClN2O4. The van der Waals surface area contributed by atoms with Gasteiger partial charge in [0.05, 0.1) is 5.56 Å². The number of furan rings is 1. The topological polar surface area (TPSA) is 96.2 Å². The highest BCUT2D eigenvalue weighted by Crippen LogP contribution is 2.33. The summed E-state index contributed by atoms with van der Waals surface area (Å²) in [6, 6.07) is 5.26. The van der Waals surface area contributed by atoms with Crippen LogP contribution < -0.4 is 5.56 Å². The third-order valence-corrected chi connectivity index (χ3v) is 5.17. The van der Waals surface area contributed by atoms with Crippen LogP contribution in [0.3, 0.4) is 0 Å². The number of rotatable bonds is 4. The highest BCUT2D eigenvalue weighted by Gasteiger charge is 2.28. The number of allylic oxidation sites excluding steroid dienone is 1. The van der Waals surface area contributed by atoms with Crippen LogP contribution in [0, 0.1) is 32.1 Å². The molecular weight excluding hydrogens is 380 g/mol. The lowest BCUT2D eigenvalue weighted by molar-refractivity contribution is 0.101. The third kappa shape index (κ3) is 2.81. The Bertz CT molecular complexity index is 1260. The first kappa shape index (κ1) is 19.5. The average molecular weight is 397 g/mol. The molecule has 0 amide bonds. The van der Waals surface area contributed by atoms with Crippen LogP contribution in [-0.4, -0.2) is 15.5 Å². The summed E-state index contributed by atoms with van der Waals surface area (Å²) in [6.45, 7) is 8.47. The van der Waals surface area contributed by atoms with Gasteiger partial charge in [-0.1, -0.05) is 17.7 Å². The summed E-state index contributed by atoms with van der Waals surface area (Å²) in [5.74, 6) is -1.13. The molecule has 1 N–H and O–H groups in total. The smallest absolute Gasteiger partial charge is 0.271 e. The molecule has 28 heavy (non-hydrogen) atoms. The Balaban J connectivity index is 2.32. The Kier molecular flexibility index (Phi) is 4.88. The van der Waals surface area contributed by atoms with E-state index in [0.717, 1.165) is 10.1 Å². The lowest BCUT2D eigenvalue weighted by Crippen LogP contribution is -2.26. The van der Waals surface area contributed by atoms with E-state index in [1.165, 1.54) is 13.0 Å². The molecule has 0 aliphatic rings. The SMILES string of the molecule is C=CCn1c(O)c(C(=O)c2oc3cc(C)c(Cl)cc3c2C)c(C)c(C#N)c1=O. The number of benzene rings is 1. The van der Waals surface area contributed by atoms with Crippen LogP contribution in [0.1, 0.15) is 38.4 Å². The maximum Gasteiger partial charge on any atom is 0.271 e. The molecule has 0 saturated heterocycles. The van der Waals surface area contributed by atoms with Gasteiger partial charge < -0.3 is 9.52 Å². The zero-order valence-electron chi connectivity index (χ0n) is 15.6. The third-order valence-electron chi connectivity index (χ3n) is 4.76. The van der Waals surface area contributed by atoms with Gasteiger partial charge in [0.15, 0.2) is 5.76 Å². The summed E-state index contributed by atoms with van der Waals surface area (Å²) in [7, 11) is 0. The van der Waals surface area contributed by atoms with Crippen molar-refractivity contribution in [3.8, 4) is 11.9 Å². The van der Waals surface area contributed by atoms with E-state index in [0.29, 0.717) is 21.6 Å². The minimum Gasteiger partial charge on any atom is -0.494 e. The van der Waals surface area contributed by atoms with Gasteiger partial charge in [-0.25, -0.2) is 0 Å². The van der Waals surface area contributed by atoms with Gasteiger partial charge in [-0.3, -0.25) is 14.2 Å². The number of ketones is 1. The van der Waals surface area contributed by atoms with Crippen molar-refractivity contribution in [1.29, 1.82) is 5.26 Å². The molecule has 0 unspecified atom stereocenters. The van der Waals surface area contributed by atoms with E-state index < -0.39 is 17.2 Å². The monoisotopic (exact) mass is 396 g/mol. The molecule has 3 aromatic rings. The average Bonchev–Trinajstić information content (AvgIpc) is 2.95. The second kappa shape index (κ2) is 7.02. The first-order chi connectivity index (χ1) is 13.2. The highest BCUT2D eigenvalue weighted by atomic mass is 35.5. The highest BCUT2D eigenvalue weighted by molar-refractivity contribution is 6.32. The largest absolute Gasteiger partial charge is 0.494 e. The fourth-order valence-electron chi connectivity index (χ4n) is 3.19. The number of aryl methyl sites for hydroxylation is 2. The van der Waals surface area contributed by atoms with Crippen molar-refractivity contribution < 1.29 is 14.3 Å². The van der Waals surface area contributed by atoms with E-state index >= 15 is 0 Å². The van der Waals surface area contributed by atoms with Gasteiger partial charge in [0.1, 0.15) is 17.2 Å². The Labute approximate surface area is 165 Å². The minimum absolute atomic E-state index is 0.0164. The number of aromatic nitrogens is 1. The van der Waals surface area contributed by atoms with Crippen molar-refractivity contribution in [2.24, 2.45) is 0 Å². The fraction of sp³-hybridized carbons (Fsp3) is 0.190. The van der Waals surface area contributed by atoms with Crippen LogP contribution in [0.2, 0.25) is 5.02 Å².